The summed E-state index contributed by atoms with van der Waals surface area (Å²) in [6.45, 7) is 1.57. The maximum absolute atomic E-state index is 13.9. The number of carboxylic acids is 1. The number of benzene rings is 1. The molecule has 1 unspecified atom stereocenters. The van der Waals surface area contributed by atoms with Crippen molar-refractivity contribution in [3.8, 4) is 0 Å². The summed E-state index contributed by atoms with van der Waals surface area (Å²) < 4.78 is 81.0. The Kier molecular flexibility index (Phi) is 5.07. The van der Waals surface area contributed by atoms with E-state index >= 15 is 0 Å². The Balaban J connectivity index is 1.94. The van der Waals surface area contributed by atoms with Gasteiger partial charge in [-0.2, -0.15) is 31.4 Å². The lowest BCUT2D eigenvalue weighted by Gasteiger charge is -2.28. The van der Waals surface area contributed by atoms with Crippen LogP contribution in [-0.2, 0) is 30.1 Å². The first-order chi connectivity index (χ1) is 13.7. The van der Waals surface area contributed by atoms with Crippen LogP contribution in [0.25, 0.3) is 0 Å². The zero-order chi connectivity index (χ0) is 22.5. The second kappa shape index (κ2) is 7.03. The summed E-state index contributed by atoms with van der Waals surface area (Å²) in [5.74, 6) is -1.20. The molecule has 2 aromatic rings. The normalized spacial score (nSPS) is 19.5. The monoisotopic (exact) mass is 435 g/mol. The molecular weight excluding hydrogens is 420 g/mol. The number of aromatic nitrogens is 2. The molecule has 162 valence electrons. The topological polar surface area (TPSA) is 76.7 Å². The fourth-order valence-corrected chi connectivity index (χ4v) is 3.25. The Morgan fingerprint density at radius 1 is 1.23 bits per heavy atom. The molecule has 0 saturated heterocycles. The predicted octanol–water partition coefficient (Wildman–Crippen LogP) is 4.22. The molecule has 2 heterocycles. The van der Waals surface area contributed by atoms with Gasteiger partial charge in [0, 0.05) is 19.9 Å². The molecule has 1 atom stereocenters. The van der Waals surface area contributed by atoms with Gasteiger partial charge in [0.25, 0.3) is 5.60 Å². The number of carbonyl (C=O) groups is 1. The third-order valence-corrected chi connectivity index (χ3v) is 4.77. The first kappa shape index (κ1) is 21.7. The zero-order valence-corrected chi connectivity index (χ0v) is 15.6. The highest BCUT2D eigenvalue weighted by Gasteiger charge is 2.64. The Labute approximate surface area is 165 Å². The molecule has 0 bridgehead atoms. The van der Waals surface area contributed by atoms with Crippen LogP contribution in [0.5, 0.6) is 0 Å². The Morgan fingerprint density at radius 2 is 1.90 bits per heavy atom. The van der Waals surface area contributed by atoms with Crippen LogP contribution in [0, 0.1) is 6.92 Å². The summed E-state index contributed by atoms with van der Waals surface area (Å²) in [5, 5.41) is 15.8. The Bertz CT molecular complexity index is 1030. The van der Waals surface area contributed by atoms with E-state index < -0.39 is 41.7 Å². The van der Waals surface area contributed by atoms with Crippen LogP contribution >= 0.6 is 0 Å². The van der Waals surface area contributed by atoms with Gasteiger partial charge < -0.3 is 9.94 Å². The maximum Gasteiger partial charge on any atom is 0.437 e. The van der Waals surface area contributed by atoms with E-state index in [-0.39, 0.29) is 17.7 Å². The molecule has 0 aliphatic carbocycles. The van der Waals surface area contributed by atoms with Crippen LogP contribution in [0.1, 0.15) is 39.3 Å². The number of aromatic carboxylic acids is 1. The van der Waals surface area contributed by atoms with Crippen molar-refractivity contribution in [2.45, 2.75) is 37.7 Å². The Morgan fingerprint density at radius 3 is 2.43 bits per heavy atom. The average molecular weight is 435 g/mol. The molecule has 1 aromatic carbocycles. The number of hydrogen-bond acceptors (Lipinski definition) is 4. The quantitative estimate of drug-likeness (QED) is 0.730. The van der Waals surface area contributed by atoms with Gasteiger partial charge in [0.15, 0.2) is 5.69 Å². The molecular formula is C18H15F6N3O3. The number of aryl methyl sites for hydroxylation is 2. The smallest absolute Gasteiger partial charge is 0.437 e. The van der Waals surface area contributed by atoms with Crippen LogP contribution in [-0.4, -0.2) is 32.7 Å². The summed E-state index contributed by atoms with van der Waals surface area (Å²) in [5.41, 5.74) is -4.72. The number of rotatable bonds is 4. The van der Waals surface area contributed by atoms with E-state index in [1.807, 2.05) is 0 Å². The number of carboxylic acid groups (broad SMARTS) is 1. The summed E-state index contributed by atoms with van der Waals surface area (Å²) in [4.78, 5) is 15.9. The number of oxime groups is 1. The molecule has 3 rings (SSSR count). The fraction of sp³-hybridized carbons (Fsp3) is 0.389. The lowest BCUT2D eigenvalue weighted by molar-refractivity contribution is -0.278. The molecule has 0 fully saturated rings. The number of hydrogen-bond donors (Lipinski definition) is 1. The van der Waals surface area contributed by atoms with Gasteiger partial charge in [-0.25, -0.2) is 4.79 Å². The van der Waals surface area contributed by atoms with Crippen molar-refractivity contribution in [3.05, 3.63) is 52.3 Å². The summed E-state index contributed by atoms with van der Waals surface area (Å²) >= 11 is 0. The summed E-state index contributed by atoms with van der Waals surface area (Å²) in [6.07, 6.45) is -11.0. The molecule has 1 N–H and O–H groups in total. The van der Waals surface area contributed by atoms with Gasteiger partial charge in [-0.1, -0.05) is 17.3 Å². The highest BCUT2D eigenvalue weighted by Crippen LogP contribution is 2.49. The van der Waals surface area contributed by atoms with Crippen molar-refractivity contribution in [1.82, 2.24) is 9.78 Å². The first-order valence-corrected chi connectivity index (χ1v) is 8.50. The molecule has 1 aliphatic heterocycles. The first-order valence-electron chi connectivity index (χ1n) is 8.50. The summed E-state index contributed by atoms with van der Waals surface area (Å²) in [6, 6.07) is 4.63. The standard InChI is InChI=1S/C18H15F6N3O3/c1-9-3-4-10(6-12(9)15(28)29)5-11-8-16(30-26-11,18(22,23)24)14-7-13(17(19,20)21)25-27(14)2/h3-4,6-7H,5,8H2,1-2H3,(H,28,29). The molecule has 30 heavy (non-hydrogen) atoms. The van der Waals surface area contributed by atoms with E-state index in [2.05, 4.69) is 10.3 Å². The second-order valence-corrected chi connectivity index (χ2v) is 6.92. The molecule has 6 nitrogen and oxygen atoms in total. The molecule has 1 aliphatic rings. The third-order valence-electron chi connectivity index (χ3n) is 4.77. The fourth-order valence-electron chi connectivity index (χ4n) is 3.25. The van der Waals surface area contributed by atoms with Crippen LogP contribution < -0.4 is 0 Å². The van der Waals surface area contributed by atoms with Crippen molar-refractivity contribution in [2.24, 2.45) is 12.2 Å². The number of nitrogens with zero attached hydrogens (tertiary/aromatic N) is 3. The zero-order valence-electron chi connectivity index (χ0n) is 15.6. The average Bonchev–Trinajstić information content (AvgIpc) is 3.20. The van der Waals surface area contributed by atoms with E-state index in [9.17, 15) is 36.2 Å². The van der Waals surface area contributed by atoms with Crippen molar-refractivity contribution in [3.63, 3.8) is 0 Å². The molecule has 1 aromatic heterocycles. The summed E-state index contributed by atoms with van der Waals surface area (Å²) in [7, 11) is 0.957. The van der Waals surface area contributed by atoms with E-state index in [4.69, 9.17) is 4.84 Å². The van der Waals surface area contributed by atoms with Crippen LogP contribution in [0.15, 0.2) is 29.4 Å². The van der Waals surface area contributed by atoms with Crippen molar-refractivity contribution in [1.29, 1.82) is 0 Å². The van der Waals surface area contributed by atoms with Gasteiger partial charge in [-0.3, -0.25) is 4.68 Å². The van der Waals surface area contributed by atoms with E-state index in [1.54, 1.807) is 6.92 Å². The van der Waals surface area contributed by atoms with Crippen molar-refractivity contribution >= 4 is 11.7 Å². The minimum atomic E-state index is -5.09. The minimum absolute atomic E-state index is 0.0180. The molecule has 0 amide bonds. The van der Waals surface area contributed by atoms with Gasteiger partial charge in [0.2, 0.25) is 0 Å². The highest BCUT2D eigenvalue weighted by molar-refractivity contribution is 5.91. The number of halogens is 6. The predicted molar refractivity (Wildman–Crippen MR) is 90.9 cm³/mol. The second-order valence-electron chi connectivity index (χ2n) is 6.92. The minimum Gasteiger partial charge on any atom is -0.478 e. The van der Waals surface area contributed by atoms with E-state index in [0.717, 1.165) is 7.05 Å². The van der Waals surface area contributed by atoms with Gasteiger partial charge in [0.05, 0.1) is 17.0 Å². The molecule has 0 spiro atoms. The van der Waals surface area contributed by atoms with Crippen LogP contribution in [0.4, 0.5) is 26.3 Å². The van der Waals surface area contributed by atoms with Crippen molar-refractivity contribution in [2.75, 3.05) is 0 Å². The van der Waals surface area contributed by atoms with Crippen molar-refractivity contribution < 1.29 is 41.1 Å². The largest absolute Gasteiger partial charge is 0.478 e. The van der Waals surface area contributed by atoms with Crippen LogP contribution in [0.3, 0.4) is 0 Å². The highest BCUT2D eigenvalue weighted by atomic mass is 19.4. The van der Waals surface area contributed by atoms with Crippen LogP contribution in [0.2, 0.25) is 0 Å². The molecule has 0 radical (unpaired) electrons. The third kappa shape index (κ3) is 3.73. The lowest BCUT2D eigenvalue weighted by Crippen LogP contribution is -2.44. The molecule has 0 saturated carbocycles. The van der Waals surface area contributed by atoms with Gasteiger partial charge >= 0.3 is 18.3 Å². The Hall–Kier alpha value is -3.05. The van der Waals surface area contributed by atoms with Gasteiger partial charge in [-0.15, -0.1) is 0 Å². The lowest BCUT2D eigenvalue weighted by atomic mass is 9.89. The van der Waals surface area contributed by atoms with Gasteiger partial charge in [-0.05, 0) is 30.2 Å². The van der Waals surface area contributed by atoms with E-state index in [1.165, 1.54) is 18.2 Å². The SMILES string of the molecule is Cc1ccc(CC2=NOC(c3cc(C(F)(F)F)nn3C)(C(F)(F)F)C2)cc1C(=O)O. The van der Waals surface area contributed by atoms with E-state index in [0.29, 0.717) is 21.9 Å². The maximum atomic E-state index is 13.9. The van der Waals surface area contributed by atoms with Gasteiger partial charge in [0.1, 0.15) is 0 Å². The number of alkyl halides is 6. The molecule has 12 heteroatoms.